The van der Waals surface area contributed by atoms with E-state index in [4.69, 9.17) is 10.5 Å². The lowest BCUT2D eigenvalue weighted by Crippen LogP contribution is -2.34. The summed E-state index contributed by atoms with van der Waals surface area (Å²) in [5.41, 5.74) is 8.40. The third-order valence-corrected chi connectivity index (χ3v) is 3.10. The van der Waals surface area contributed by atoms with E-state index in [1.165, 1.54) is 0 Å². The zero-order valence-electron chi connectivity index (χ0n) is 11.6. The Morgan fingerprint density at radius 1 is 1.28 bits per heavy atom. The van der Waals surface area contributed by atoms with E-state index in [0.717, 1.165) is 16.9 Å². The number of hydrogen-bond donors (Lipinski definition) is 1. The highest BCUT2D eigenvalue weighted by Gasteiger charge is 2.13. The van der Waals surface area contributed by atoms with E-state index >= 15 is 0 Å². The second-order valence-corrected chi connectivity index (χ2v) is 4.28. The number of carbonyl (C=O) groups excluding carboxylic acids is 1. The summed E-state index contributed by atoms with van der Waals surface area (Å²) in [5.74, 6) is 0.719. The van der Waals surface area contributed by atoms with E-state index in [9.17, 15) is 4.79 Å². The molecule has 0 heterocycles. The van der Waals surface area contributed by atoms with Crippen molar-refractivity contribution in [2.45, 2.75) is 27.7 Å². The van der Waals surface area contributed by atoms with E-state index in [2.05, 4.69) is 0 Å². The number of amides is 1. The van der Waals surface area contributed by atoms with Crippen molar-refractivity contribution in [1.82, 2.24) is 4.90 Å². The van der Waals surface area contributed by atoms with Gasteiger partial charge in [0.2, 0.25) is 0 Å². The Labute approximate surface area is 109 Å². The van der Waals surface area contributed by atoms with Crippen LogP contribution in [-0.2, 0) is 4.79 Å². The molecule has 2 N–H and O–H groups in total. The number of nitrogens with two attached hydrogens (primary N) is 1. The van der Waals surface area contributed by atoms with Gasteiger partial charge >= 0.3 is 0 Å². The van der Waals surface area contributed by atoms with Crippen molar-refractivity contribution in [2.75, 3.05) is 25.4 Å². The predicted molar refractivity (Wildman–Crippen MR) is 73.8 cm³/mol. The Morgan fingerprint density at radius 2 is 1.89 bits per heavy atom. The van der Waals surface area contributed by atoms with Crippen LogP contribution in [0.5, 0.6) is 5.75 Å². The molecule has 1 amide bonds. The molecule has 0 aliphatic heterocycles. The van der Waals surface area contributed by atoms with Gasteiger partial charge in [0.25, 0.3) is 5.91 Å². The SMILES string of the molecule is CCN(CC)C(=O)COc1c(C)ccc(N)c1C. The van der Waals surface area contributed by atoms with Gasteiger partial charge in [-0.15, -0.1) is 0 Å². The molecule has 1 rings (SSSR count). The van der Waals surface area contributed by atoms with Crippen molar-refractivity contribution in [3.8, 4) is 5.75 Å². The van der Waals surface area contributed by atoms with Crippen LogP contribution in [0, 0.1) is 13.8 Å². The summed E-state index contributed by atoms with van der Waals surface area (Å²) in [4.78, 5) is 13.6. The molecule has 1 aromatic rings. The number of hydrogen-bond acceptors (Lipinski definition) is 3. The summed E-state index contributed by atoms with van der Waals surface area (Å²) in [7, 11) is 0. The van der Waals surface area contributed by atoms with Crippen molar-refractivity contribution in [3.63, 3.8) is 0 Å². The maximum Gasteiger partial charge on any atom is 0.260 e. The van der Waals surface area contributed by atoms with Crippen LogP contribution in [0.25, 0.3) is 0 Å². The second-order valence-electron chi connectivity index (χ2n) is 4.28. The minimum atomic E-state index is 0.00113. The molecule has 4 nitrogen and oxygen atoms in total. The van der Waals surface area contributed by atoms with Gasteiger partial charge in [-0.3, -0.25) is 4.79 Å². The molecule has 0 atom stereocenters. The molecular weight excluding hydrogens is 228 g/mol. The van der Waals surface area contributed by atoms with Gasteiger partial charge in [0.15, 0.2) is 6.61 Å². The Hall–Kier alpha value is -1.71. The van der Waals surface area contributed by atoms with E-state index in [0.29, 0.717) is 18.8 Å². The van der Waals surface area contributed by atoms with Gasteiger partial charge in [-0.25, -0.2) is 0 Å². The van der Waals surface area contributed by atoms with Crippen LogP contribution < -0.4 is 10.5 Å². The minimum absolute atomic E-state index is 0.00113. The highest BCUT2D eigenvalue weighted by molar-refractivity contribution is 5.77. The van der Waals surface area contributed by atoms with E-state index in [1.807, 2.05) is 39.8 Å². The van der Waals surface area contributed by atoms with E-state index in [1.54, 1.807) is 4.90 Å². The molecule has 100 valence electrons. The van der Waals surface area contributed by atoms with E-state index in [-0.39, 0.29) is 12.5 Å². The summed E-state index contributed by atoms with van der Waals surface area (Å²) in [6, 6.07) is 3.75. The van der Waals surface area contributed by atoms with Crippen LogP contribution in [0.3, 0.4) is 0 Å². The number of likely N-dealkylation sites (N-methyl/N-ethyl adjacent to an activating group) is 1. The number of benzene rings is 1. The van der Waals surface area contributed by atoms with Gasteiger partial charge < -0.3 is 15.4 Å². The minimum Gasteiger partial charge on any atom is -0.483 e. The second kappa shape index (κ2) is 6.28. The largest absolute Gasteiger partial charge is 0.483 e. The number of carbonyl (C=O) groups is 1. The van der Waals surface area contributed by atoms with Gasteiger partial charge in [0, 0.05) is 24.3 Å². The molecule has 0 aliphatic rings. The molecule has 18 heavy (non-hydrogen) atoms. The average molecular weight is 250 g/mol. The van der Waals surface area contributed by atoms with E-state index < -0.39 is 0 Å². The van der Waals surface area contributed by atoms with Crippen molar-refractivity contribution in [2.24, 2.45) is 0 Å². The normalized spacial score (nSPS) is 10.2. The lowest BCUT2D eigenvalue weighted by molar-refractivity contribution is -0.132. The zero-order chi connectivity index (χ0) is 13.7. The first kappa shape index (κ1) is 14.4. The molecule has 1 aromatic carbocycles. The molecule has 0 bridgehead atoms. The molecule has 0 aliphatic carbocycles. The number of rotatable bonds is 5. The molecule has 0 saturated carbocycles. The summed E-state index contributed by atoms with van der Waals surface area (Å²) in [6.45, 7) is 9.23. The van der Waals surface area contributed by atoms with Crippen LogP contribution in [0.15, 0.2) is 12.1 Å². The number of anilines is 1. The first-order chi connectivity index (χ1) is 8.51. The highest BCUT2D eigenvalue weighted by Crippen LogP contribution is 2.27. The third kappa shape index (κ3) is 3.15. The predicted octanol–water partition coefficient (Wildman–Crippen LogP) is 2.13. The Kier molecular flexibility index (Phi) is 5.01. The van der Waals surface area contributed by atoms with Gasteiger partial charge in [-0.2, -0.15) is 0 Å². The maximum atomic E-state index is 11.9. The monoisotopic (exact) mass is 250 g/mol. The number of ether oxygens (including phenoxy) is 1. The van der Waals surface area contributed by atoms with Crippen molar-refractivity contribution in [1.29, 1.82) is 0 Å². The third-order valence-electron chi connectivity index (χ3n) is 3.10. The molecule has 0 spiro atoms. The molecular formula is C14H22N2O2. The van der Waals surface area contributed by atoms with Crippen LogP contribution in [0.2, 0.25) is 0 Å². The van der Waals surface area contributed by atoms with Gasteiger partial charge in [0.1, 0.15) is 5.75 Å². The molecule has 0 aromatic heterocycles. The Bertz CT molecular complexity index is 426. The van der Waals surface area contributed by atoms with Gasteiger partial charge in [-0.05, 0) is 39.3 Å². The number of aryl methyl sites for hydroxylation is 1. The lowest BCUT2D eigenvalue weighted by atomic mass is 10.1. The zero-order valence-corrected chi connectivity index (χ0v) is 11.6. The topological polar surface area (TPSA) is 55.6 Å². The van der Waals surface area contributed by atoms with Gasteiger partial charge in [0.05, 0.1) is 0 Å². The van der Waals surface area contributed by atoms with Crippen molar-refractivity contribution < 1.29 is 9.53 Å². The highest BCUT2D eigenvalue weighted by atomic mass is 16.5. The molecule has 0 saturated heterocycles. The first-order valence-corrected chi connectivity index (χ1v) is 6.27. The van der Waals surface area contributed by atoms with Crippen LogP contribution in [0.4, 0.5) is 5.69 Å². The molecule has 4 heteroatoms. The van der Waals surface area contributed by atoms with Crippen LogP contribution in [-0.4, -0.2) is 30.5 Å². The smallest absolute Gasteiger partial charge is 0.260 e. The first-order valence-electron chi connectivity index (χ1n) is 6.27. The van der Waals surface area contributed by atoms with Crippen LogP contribution in [0.1, 0.15) is 25.0 Å². The lowest BCUT2D eigenvalue weighted by Gasteiger charge is -2.20. The standard InChI is InChI=1S/C14H22N2O2/c1-5-16(6-2)13(17)9-18-14-10(3)7-8-12(15)11(14)4/h7-8H,5-6,9,15H2,1-4H3. The fraction of sp³-hybridized carbons (Fsp3) is 0.500. The Morgan fingerprint density at radius 3 is 2.44 bits per heavy atom. The summed E-state index contributed by atoms with van der Waals surface area (Å²) in [5, 5.41) is 0. The quantitative estimate of drug-likeness (QED) is 0.814. The molecule has 0 radical (unpaired) electrons. The summed E-state index contributed by atoms with van der Waals surface area (Å²) < 4.78 is 5.62. The maximum absolute atomic E-state index is 11.9. The Balaban J connectivity index is 2.75. The summed E-state index contributed by atoms with van der Waals surface area (Å²) in [6.07, 6.45) is 0. The number of nitrogen functional groups attached to an aromatic ring is 1. The van der Waals surface area contributed by atoms with Crippen LogP contribution >= 0.6 is 0 Å². The molecule has 0 unspecified atom stereocenters. The van der Waals surface area contributed by atoms with Crippen molar-refractivity contribution >= 4 is 11.6 Å². The van der Waals surface area contributed by atoms with Gasteiger partial charge in [-0.1, -0.05) is 6.07 Å². The fourth-order valence-corrected chi connectivity index (χ4v) is 1.87. The van der Waals surface area contributed by atoms with Crippen molar-refractivity contribution in [3.05, 3.63) is 23.3 Å². The summed E-state index contributed by atoms with van der Waals surface area (Å²) >= 11 is 0. The molecule has 0 fully saturated rings. The average Bonchev–Trinajstić information content (AvgIpc) is 2.35. The number of nitrogens with zero attached hydrogens (tertiary/aromatic N) is 1. The fourth-order valence-electron chi connectivity index (χ4n) is 1.87.